The summed E-state index contributed by atoms with van der Waals surface area (Å²) in [6.45, 7) is 0. The fourth-order valence-corrected chi connectivity index (χ4v) is 3.84. The van der Waals surface area contributed by atoms with E-state index >= 15 is 0 Å². The second kappa shape index (κ2) is 6.30. The highest BCUT2D eigenvalue weighted by Crippen LogP contribution is 2.43. The van der Waals surface area contributed by atoms with Gasteiger partial charge in [-0.25, -0.2) is 17.2 Å². The number of ether oxygens (including phenoxy) is 1. The Morgan fingerprint density at radius 3 is 2.36 bits per heavy atom. The molecule has 2 aromatic rings. The Hall–Kier alpha value is -2.13. The van der Waals surface area contributed by atoms with Gasteiger partial charge in [0.1, 0.15) is 23.1 Å². The van der Waals surface area contributed by atoms with Gasteiger partial charge in [-0.3, -0.25) is 0 Å². The van der Waals surface area contributed by atoms with Crippen LogP contribution in [0.4, 0.5) is 17.6 Å². The third-order valence-electron chi connectivity index (χ3n) is 3.88. The number of aliphatic hydroxyl groups excluding tert-OH is 1. The van der Waals surface area contributed by atoms with Crippen molar-refractivity contribution in [3.8, 4) is 11.5 Å². The first kappa shape index (κ1) is 17.7. The summed E-state index contributed by atoms with van der Waals surface area (Å²) in [6.07, 6.45) is -0.943. The van der Waals surface area contributed by atoms with Crippen molar-refractivity contribution in [3.05, 3.63) is 53.1 Å². The van der Waals surface area contributed by atoms with Crippen LogP contribution in [0.5, 0.6) is 11.5 Å². The van der Waals surface area contributed by atoms with Gasteiger partial charge in [0, 0.05) is 29.3 Å². The fourth-order valence-electron chi connectivity index (χ4n) is 2.83. The van der Waals surface area contributed by atoms with Crippen molar-refractivity contribution >= 4 is 9.84 Å². The molecular formula is C16H12F4O4S. The molecule has 0 aromatic heterocycles. The molecule has 25 heavy (non-hydrogen) atoms. The molecular weight excluding hydrogens is 364 g/mol. The van der Waals surface area contributed by atoms with Crippen LogP contribution in [0.1, 0.15) is 23.7 Å². The van der Waals surface area contributed by atoms with Crippen LogP contribution in [-0.2, 0) is 16.3 Å². The predicted molar refractivity (Wildman–Crippen MR) is 79.3 cm³/mol. The van der Waals surface area contributed by atoms with E-state index in [1.165, 1.54) is 0 Å². The van der Waals surface area contributed by atoms with Gasteiger partial charge in [0.05, 0.1) is 11.0 Å². The molecule has 0 heterocycles. The first-order valence-electron chi connectivity index (χ1n) is 7.20. The molecule has 0 aliphatic heterocycles. The van der Waals surface area contributed by atoms with E-state index in [4.69, 9.17) is 4.74 Å². The average molecular weight is 376 g/mol. The maximum absolute atomic E-state index is 13.3. The lowest BCUT2D eigenvalue weighted by atomic mass is 10.1. The highest BCUT2D eigenvalue weighted by molar-refractivity contribution is 7.91. The van der Waals surface area contributed by atoms with E-state index in [1.54, 1.807) is 0 Å². The van der Waals surface area contributed by atoms with Crippen LogP contribution in [0.3, 0.4) is 0 Å². The number of halogens is 4. The standard InChI is InChI=1S/C16H12F4O4S/c17-8-5-9(18)7-10(6-8)24-13-3-4-14(25(22,23)16(19)20)15-11(13)1-2-12(15)21/h3-7,12,16,21H,1-2H2. The minimum absolute atomic E-state index is 0.0461. The maximum atomic E-state index is 13.3. The molecule has 3 rings (SSSR count). The zero-order valence-corrected chi connectivity index (χ0v) is 13.4. The molecule has 1 aliphatic rings. The summed E-state index contributed by atoms with van der Waals surface area (Å²) in [5.74, 6) is -5.50. The minimum Gasteiger partial charge on any atom is -0.457 e. The summed E-state index contributed by atoms with van der Waals surface area (Å²) in [6, 6.07) is 4.53. The predicted octanol–water partition coefficient (Wildman–Crippen LogP) is 3.73. The molecule has 4 nitrogen and oxygen atoms in total. The van der Waals surface area contributed by atoms with Crippen LogP contribution < -0.4 is 4.74 Å². The molecule has 134 valence electrons. The van der Waals surface area contributed by atoms with Crippen LogP contribution in [0.25, 0.3) is 0 Å². The molecule has 0 radical (unpaired) electrons. The number of hydrogen-bond donors (Lipinski definition) is 1. The molecule has 0 bridgehead atoms. The fraction of sp³-hybridized carbons (Fsp3) is 0.250. The van der Waals surface area contributed by atoms with Crippen LogP contribution >= 0.6 is 0 Å². The zero-order chi connectivity index (χ0) is 18.4. The molecule has 0 saturated heterocycles. The molecule has 0 amide bonds. The van der Waals surface area contributed by atoms with Crippen molar-refractivity contribution in [1.82, 2.24) is 0 Å². The van der Waals surface area contributed by atoms with Gasteiger partial charge in [-0.05, 0) is 25.0 Å². The summed E-state index contributed by atoms with van der Waals surface area (Å²) in [7, 11) is -4.91. The highest BCUT2D eigenvalue weighted by atomic mass is 32.2. The second-order valence-electron chi connectivity index (χ2n) is 5.52. The van der Waals surface area contributed by atoms with E-state index in [-0.39, 0.29) is 35.5 Å². The number of rotatable bonds is 4. The van der Waals surface area contributed by atoms with Gasteiger partial charge < -0.3 is 9.84 Å². The smallest absolute Gasteiger partial charge is 0.341 e. The average Bonchev–Trinajstić information content (AvgIpc) is 2.89. The minimum atomic E-state index is -4.91. The molecule has 1 unspecified atom stereocenters. The van der Waals surface area contributed by atoms with Crippen molar-refractivity contribution in [3.63, 3.8) is 0 Å². The Balaban J connectivity index is 2.09. The first-order chi connectivity index (χ1) is 11.7. The third-order valence-corrected chi connectivity index (χ3v) is 5.32. The number of alkyl halides is 2. The van der Waals surface area contributed by atoms with Gasteiger partial charge in [-0.2, -0.15) is 8.78 Å². The number of fused-ring (bicyclic) bond motifs is 1. The third kappa shape index (κ3) is 3.21. The van der Waals surface area contributed by atoms with Crippen molar-refractivity contribution in [2.45, 2.75) is 29.6 Å². The number of benzene rings is 2. The monoisotopic (exact) mass is 376 g/mol. The molecule has 9 heteroatoms. The van der Waals surface area contributed by atoms with Gasteiger partial charge >= 0.3 is 5.76 Å². The van der Waals surface area contributed by atoms with Gasteiger partial charge in [-0.1, -0.05) is 0 Å². The molecule has 2 aromatic carbocycles. The Labute approximate surface area is 140 Å². The van der Waals surface area contributed by atoms with Crippen molar-refractivity contribution in [1.29, 1.82) is 0 Å². The molecule has 0 saturated carbocycles. The Kier molecular flexibility index (Phi) is 4.46. The summed E-state index contributed by atoms with van der Waals surface area (Å²) in [4.78, 5) is -0.666. The molecule has 1 atom stereocenters. The van der Waals surface area contributed by atoms with E-state index in [0.29, 0.717) is 6.07 Å². The summed E-state index contributed by atoms with van der Waals surface area (Å²) in [5.41, 5.74) is 0.0635. The summed E-state index contributed by atoms with van der Waals surface area (Å²) >= 11 is 0. The Morgan fingerprint density at radius 1 is 1.12 bits per heavy atom. The van der Waals surface area contributed by atoms with Gasteiger partial charge in [0.15, 0.2) is 0 Å². The lowest BCUT2D eigenvalue weighted by molar-refractivity contribution is 0.176. The van der Waals surface area contributed by atoms with Gasteiger partial charge in [-0.15, -0.1) is 0 Å². The molecule has 1 N–H and O–H groups in total. The lowest BCUT2D eigenvalue weighted by Crippen LogP contribution is -2.15. The number of hydrogen-bond acceptors (Lipinski definition) is 4. The zero-order valence-electron chi connectivity index (χ0n) is 12.5. The van der Waals surface area contributed by atoms with Gasteiger partial charge in [0.25, 0.3) is 0 Å². The van der Waals surface area contributed by atoms with E-state index in [9.17, 15) is 31.1 Å². The van der Waals surface area contributed by atoms with E-state index in [2.05, 4.69) is 0 Å². The quantitative estimate of drug-likeness (QED) is 0.826. The van der Waals surface area contributed by atoms with Crippen molar-refractivity contribution in [2.24, 2.45) is 0 Å². The topological polar surface area (TPSA) is 63.6 Å². The van der Waals surface area contributed by atoms with E-state index in [1.807, 2.05) is 0 Å². The summed E-state index contributed by atoms with van der Waals surface area (Å²) in [5, 5.41) is 10.0. The van der Waals surface area contributed by atoms with Crippen LogP contribution in [0.15, 0.2) is 35.2 Å². The largest absolute Gasteiger partial charge is 0.457 e. The second-order valence-corrected chi connectivity index (χ2v) is 7.41. The van der Waals surface area contributed by atoms with Crippen molar-refractivity contribution in [2.75, 3.05) is 0 Å². The maximum Gasteiger partial charge on any atom is 0.341 e. The van der Waals surface area contributed by atoms with E-state index < -0.39 is 38.2 Å². The van der Waals surface area contributed by atoms with E-state index in [0.717, 1.165) is 24.3 Å². The Bertz CT molecular complexity index is 908. The van der Waals surface area contributed by atoms with Crippen LogP contribution in [0.2, 0.25) is 0 Å². The normalized spacial score (nSPS) is 17.0. The first-order valence-corrected chi connectivity index (χ1v) is 8.74. The molecule has 0 spiro atoms. The summed E-state index contributed by atoms with van der Waals surface area (Å²) < 4.78 is 81.2. The number of aliphatic hydroxyl groups is 1. The lowest BCUT2D eigenvalue weighted by Gasteiger charge is -2.15. The van der Waals surface area contributed by atoms with Gasteiger partial charge in [0.2, 0.25) is 9.84 Å². The van der Waals surface area contributed by atoms with Crippen molar-refractivity contribution < 1.29 is 35.8 Å². The highest BCUT2D eigenvalue weighted by Gasteiger charge is 2.36. The molecule has 0 fully saturated rings. The molecule has 1 aliphatic carbocycles. The Morgan fingerprint density at radius 2 is 1.76 bits per heavy atom. The van der Waals surface area contributed by atoms with Crippen LogP contribution in [0, 0.1) is 11.6 Å². The van der Waals surface area contributed by atoms with Crippen LogP contribution in [-0.4, -0.2) is 19.3 Å². The number of sulfone groups is 1. The SMILES string of the molecule is O=S(=O)(c1ccc(Oc2cc(F)cc(F)c2)c2c1C(O)CC2)C(F)F.